The number of nitrogens with one attached hydrogen (secondary N) is 2. The van der Waals surface area contributed by atoms with E-state index in [0.717, 1.165) is 16.4 Å². The molecule has 8 heteroatoms. The van der Waals surface area contributed by atoms with Gasteiger partial charge < -0.3 is 10.8 Å². The molecule has 2 atom stereocenters. The standard InChI is InChI=1S/C17H27N3O3S2/c1-4-24-13-7-5-12(6-8-13)16(22)19-20-17(23)15(21)14(18)9-10-25-11(2)3/h5-8,11,14-15,21H,4,9-10,18H2,1-3H3,(H,19,22)(H,20,23)/t14-,15?/m1/s1. The van der Waals surface area contributed by atoms with Crippen LogP contribution in [-0.4, -0.2) is 45.8 Å². The zero-order chi connectivity index (χ0) is 18.8. The van der Waals surface area contributed by atoms with Gasteiger partial charge in [-0.25, -0.2) is 0 Å². The molecule has 140 valence electrons. The fourth-order valence-corrected chi connectivity index (χ4v) is 3.47. The van der Waals surface area contributed by atoms with Crippen molar-refractivity contribution in [2.24, 2.45) is 5.73 Å². The third kappa shape index (κ3) is 8.13. The minimum absolute atomic E-state index is 0.424. The molecule has 0 bridgehead atoms. The number of hydrogen-bond donors (Lipinski definition) is 4. The molecule has 1 aromatic carbocycles. The molecule has 0 saturated carbocycles. The van der Waals surface area contributed by atoms with Gasteiger partial charge in [-0.15, -0.1) is 11.8 Å². The molecule has 0 spiro atoms. The van der Waals surface area contributed by atoms with E-state index in [1.165, 1.54) is 0 Å². The Morgan fingerprint density at radius 1 is 1.20 bits per heavy atom. The number of benzene rings is 1. The van der Waals surface area contributed by atoms with E-state index in [-0.39, 0.29) is 0 Å². The average molecular weight is 386 g/mol. The lowest BCUT2D eigenvalue weighted by atomic mass is 10.1. The van der Waals surface area contributed by atoms with Gasteiger partial charge >= 0.3 is 0 Å². The summed E-state index contributed by atoms with van der Waals surface area (Å²) in [6, 6.07) is 6.40. The van der Waals surface area contributed by atoms with E-state index in [1.54, 1.807) is 35.7 Å². The maximum atomic E-state index is 12.0. The first-order valence-corrected chi connectivity index (χ1v) is 10.3. The minimum Gasteiger partial charge on any atom is -0.382 e. The van der Waals surface area contributed by atoms with Crippen molar-refractivity contribution in [3.63, 3.8) is 0 Å². The van der Waals surface area contributed by atoms with Crippen molar-refractivity contribution in [3.8, 4) is 0 Å². The van der Waals surface area contributed by atoms with Crippen molar-refractivity contribution < 1.29 is 14.7 Å². The molecule has 1 aromatic rings. The molecule has 0 aliphatic carbocycles. The van der Waals surface area contributed by atoms with Gasteiger partial charge in [0.25, 0.3) is 11.8 Å². The van der Waals surface area contributed by atoms with Crippen LogP contribution in [0, 0.1) is 0 Å². The molecule has 0 aliphatic rings. The molecule has 0 fully saturated rings. The van der Waals surface area contributed by atoms with Gasteiger partial charge in [-0.1, -0.05) is 20.8 Å². The van der Waals surface area contributed by atoms with Crippen molar-refractivity contribution >= 4 is 35.3 Å². The molecule has 0 radical (unpaired) electrons. The van der Waals surface area contributed by atoms with Crippen molar-refractivity contribution in [2.45, 2.75) is 49.5 Å². The van der Waals surface area contributed by atoms with Crippen LogP contribution in [-0.2, 0) is 4.79 Å². The van der Waals surface area contributed by atoms with Gasteiger partial charge in [0.1, 0.15) is 6.10 Å². The van der Waals surface area contributed by atoms with Gasteiger partial charge in [0.05, 0.1) is 0 Å². The van der Waals surface area contributed by atoms with Crippen LogP contribution in [0.25, 0.3) is 0 Å². The molecule has 2 amide bonds. The second-order valence-corrected chi connectivity index (χ2v) is 8.74. The van der Waals surface area contributed by atoms with Crippen LogP contribution < -0.4 is 16.6 Å². The van der Waals surface area contributed by atoms with E-state index >= 15 is 0 Å². The summed E-state index contributed by atoms with van der Waals surface area (Å²) in [6.45, 7) is 6.20. The lowest BCUT2D eigenvalue weighted by molar-refractivity contribution is -0.131. The number of hydrazine groups is 1. The van der Waals surface area contributed by atoms with Crippen LogP contribution in [0.2, 0.25) is 0 Å². The number of carbonyl (C=O) groups excluding carboxylic acids is 2. The topological polar surface area (TPSA) is 104 Å². The number of rotatable bonds is 9. The molecule has 1 unspecified atom stereocenters. The van der Waals surface area contributed by atoms with Crippen LogP contribution in [0.3, 0.4) is 0 Å². The Labute approximate surface area is 157 Å². The van der Waals surface area contributed by atoms with Crippen molar-refractivity contribution in [1.29, 1.82) is 0 Å². The van der Waals surface area contributed by atoms with Gasteiger partial charge in [0, 0.05) is 16.5 Å². The first-order valence-electron chi connectivity index (χ1n) is 8.23. The minimum atomic E-state index is -1.36. The number of nitrogens with two attached hydrogens (primary N) is 1. The van der Waals surface area contributed by atoms with E-state index in [4.69, 9.17) is 5.73 Å². The molecule has 0 aliphatic heterocycles. The first kappa shape index (κ1) is 21.8. The smallest absolute Gasteiger partial charge is 0.269 e. The number of thioether (sulfide) groups is 2. The molecule has 1 rings (SSSR count). The Bertz CT molecular complexity index is 553. The average Bonchev–Trinajstić information content (AvgIpc) is 2.59. The van der Waals surface area contributed by atoms with Gasteiger partial charge in [-0.3, -0.25) is 20.4 Å². The highest BCUT2D eigenvalue weighted by Gasteiger charge is 2.23. The molecule has 5 N–H and O–H groups in total. The van der Waals surface area contributed by atoms with Crippen molar-refractivity contribution in [3.05, 3.63) is 29.8 Å². The summed E-state index contributed by atoms with van der Waals surface area (Å²) in [5, 5.41) is 10.4. The predicted molar refractivity (Wildman–Crippen MR) is 105 cm³/mol. The summed E-state index contributed by atoms with van der Waals surface area (Å²) in [5.41, 5.74) is 10.8. The number of carbonyl (C=O) groups is 2. The largest absolute Gasteiger partial charge is 0.382 e. The van der Waals surface area contributed by atoms with Gasteiger partial charge in [-0.2, -0.15) is 11.8 Å². The van der Waals surface area contributed by atoms with Crippen LogP contribution in [0.15, 0.2) is 29.2 Å². The number of aliphatic hydroxyl groups is 1. The molecular weight excluding hydrogens is 358 g/mol. The second kappa shape index (κ2) is 11.4. The third-order valence-electron chi connectivity index (χ3n) is 3.30. The maximum absolute atomic E-state index is 12.0. The maximum Gasteiger partial charge on any atom is 0.269 e. The van der Waals surface area contributed by atoms with Gasteiger partial charge in [-0.05, 0) is 47.4 Å². The first-order chi connectivity index (χ1) is 11.8. The van der Waals surface area contributed by atoms with E-state index < -0.39 is 24.0 Å². The number of aliphatic hydroxyl groups excluding tert-OH is 1. The Kier molecular flexibility index (Phi) is 9.96. The summed E-state index contributed by atoms with van der Waals surface area (Å²) >= 11 is 3.39. The van der Waals surface area contributed by atoms with E-state index in [2.05, 4.69) is 31.6 Å². The molecule has 0 heterocycles. The third-order valence-corrected chi connectivity index (χ3v) is 5.34. The van der Waals surface area contributed by atoms with Crippen molar-refractivity contribution in [2.75, 3.05) is 11.5 Å². The quantitative estimate of drug-likeness (QED) is 0.382. The lowest BCUT2D eigenvalue weighted by Crippen LogP contribution is -2.52. The zero-order valence-corrected chi connectivity index (χ0v) is 16.5. The van der Waals surface area contributed by atoms with Crippen LogP contribution >= 0.6 is 23.5 Å². The molecule has 25 heavy (non-hydrogen) atoms. The molecule has 6 nitrogen and oxygen atoms in total. The van der Waals surface area contributed by atoms with Crippen LogP contribution in [0.1, 0.15) is 37.6 Å². The molecule has 0 saturated heterocycles. The predicted octanol–water partition coefficient (Wildman–Crippen LogP) is 1.78. The Morgan fingerprint density at radius 3 is 2.40 bits per heavy atom. The summed E-state index contributed by atoms with van der Waals surface area (Å²) < 4.78 is 0. The van der Waals surface area contributed by atoms with E-state index in [9.17, 15) is 14.7 Å². The SMILES string of the molecule is CCSc1ccc(C(=O)NNC(=O)C(O)[C@H](N)CCSC(C)C)cc1. The zero-order valence-electron chi connectivity index (χ0n) is 14.8. The lowest BCUT2D eigenvalue weighted by Gasteiger charge is -2.18. The molecular formula is C17H27N3O3S2. The fourth-order valence-electron chi connectivity index (χ4n) is 1.93. The van der Waals surface area contributed by atoms with Crippen molar-refractivity contribution in [1.82, 2.24) is 10.9 Å². The summed E-state index contributed by atoms with van der Waals surface area (Å²) in [7, 11) is 0. The van der Waals surface area contributed by atoms with Gasteiger partial charge in [0.2, 0.25) is 0 Å². The Morgan fingerprint density at radius 2 is 1.84 bits per heavy atom. The van der Waals surface area contributed by atoms with E-state index in [1.807, 2.05) is 12.1 Å². The molecule has 0 aromatic heterocycles. The Hall–Kier alpha value is -1.22. The normalized spacial score (nSPS) is 13.4. The van der Waals surface area contributed by atoms with E-state index in [0.29, 0.717) is 17.2 Å². The summed E-state index contributed by atoms with van der Waals surface area (Å²) in [4.78, 5) is 25.0. The Balaban J connectivity index is 2.42. The van der Waals surface area contributed by atoms with Crippen LogP contribution in [0.4, 0.5) is 0 Å². The van der Waals surface area contributed by atoms with Crippen LogP contribution in [0.5, 0.6) is 0 Å². The summed E-state index contributed by atoms with van der Waals surface area (Å²) in [5.74, 6) is 0.554. The summed E-state index contributed by atoms with van der Waals surface area (Å²) in [6.07, 6.45) is -0.849. The highest BCUT2D eigenvalue weighted by molar-refractivity contribution is 7.99. The fraction of sp³-hybridized carbons (Fsp3) is 0.529. The number of hydrogen-bond acceptors (Lipinski definition) is 6. The van der Waals surface area contributed by atoms with Gasteiger partial charge in [0.15, 0.2) is 0 Å². The highest BCUT2D eigenvalue weighted by Crippen LogP contribution is 2.17. The number of amides is 2. The second-order valence-electron chi connectivity index (χ2n) is 5.72. The monoisotopic (exact) mass is 385 g/mol. The highest BCUT2D eigenvalue weighted by atomic mass is 32.2.